The number of benzene rings is 1. The molecule has 3 N–H and O–H groups in total. The van der Waals surface area contributed by atoms with Crippen molar-refractivity contribution in [2.75, 3.05) is 18.5 Å². The third-order valence-corrected chi connectivity index (χ3v) is 3.95. The summed E-state index contributed by atoms with van der Waals surface area (Å²) in [6.07, 6.45) is -4.76. The van der Waals surface area contributed by atoms with Crippen LogP contribution in [-0.4, -0.2) is 41.6 Å². The molecule has 26 heavy (non-hydrogen) atoms. The van der Waals surface area contributed by atoms with Crippen LogP contribution in [0.15, 0.2) is 18.2 Å². The number of carbonyl (C=O) groups excluding carboxylic acids is 2. The molecule has 1 saturated heterocycles. The lowest BCUT2D eigenvalue weighted by atomic mass is 9.89. The van der Waals surface area contributed by atoms with E-state index in [0.717, 1.165) is 13.0 Å². The molecule has 0 aromatic heterocycles. The molecule has 2 amide bonds. The van der Waals surface area contributed by atoms with E-state index < -0.39 is 40.6 Å². The summed E-state index contributed by atoms with van der Waals surface area (Å²) in [5.74, 6) is -2.88. The smallest absolute Gasteiger partial charge is 0.416 e. The third kappa shape index (κ3) is 4.51. The van der Waals surface area contributed by atoms with E-state index in [1.54, 1.807) is 0 Å². The molecule has 1 heterocycles. The summed E-state index contributed by atoms with van der Waals surface area (Å²) in [6, 6.07) is 2.36. The molecule has 0 bridgehead atoms. The molecule has 0 aliphatic carbocycles. The first-order valence-corrected chi connectivity index (χ1v) is 7.67. The summed E-state index contributed by atoms with van der Waals surface area (Å²) in [7, 11) is 0. The number of hydrogen-bond acceptors (Lipinski definition) is 4. The van der Waals surface area contributed by atoms with Gasteiger partial charge in [-0.05, 0) is 18.2 Å². The van der Waals surface area contributed by atoms with Crippen LogP contribution in [0, 0.1) is 0 Å². The second-order valence-corrected chi connectivity index (χ2v) is 5.93. The van der Waals surface area contributed by atoms with Crippen molar-refractivity contribution >= 4 is 23.5 Å². The van der Waals surface area contributed by atoms with E-state index in [2.05, 4.69) is 10.6 Å². The normalized spacial score (nSPS) is 16.6. The fourth-order valence-electron chi connectivity index (χ4n) is 2.60. The van der Waals surface area contributed by atoms with Crippen LogP contribution in [0.2, 0.25) is 0 Å². The van der Waals surface area contributed by atoms with Crippen LogP contribution in [0.25, 0.3) is 0 Å². The summed E-state index contributed by atoms with van der Waals surface area (Å²) < 4.78 is 44.2. The summed E-state index contributed by atoms with van der Waals surface area (Å²) in [6.45, 7) is 1.32. The lowest BCUT2D eigenvalue weighted by Gasteiger charge is -2.34. The van der Waals surface area contributed by atoms with E-state index in [4.69, 9.17) is 4.74 Å². The van der Waals surface area contributed by atoms with Crippen molar-refractivity contribution < 1.29 is 37.4 Å². The highest BCUT2D eigenvalue weighted by molar-refractivity contribution is 5.99. The lowest BCUT2D eigenvalue weighted by Crippen LogP contribution is -2.57. The highest BCUT2D eigenvalue weighted by atomic mass is 19.4. The number of alkyl halides is 3. The zero-order valence-electron chi connectivity index (χ0n) is 13.8. The van der Waals surface area contributed by atoms with E-state index in [-0.39, 0.29) is 31.7 Å². The molecule has 142 valence electrons. The Labute approximate surface area is 146 Å². The van der Waals surface area contributed by atoms with Crippen LogP contribution < -0.4 is 10.6 Å². The molecule has 0 atom stereocenters. The van der Waals surface area contributed by atoms with E-state index in [1.165, 1.54) is 0 Å². The zero-order chi connectivity index (χ0) is 19.5. The molecule has 1 aliphatic heterocycles. The number of nitrogens with one attached hydrogen (secondary N) is 2. The molecule has 0 saturated carbocycles. The van der Waals surface area contributed by atoms with Gasteiger partial charge in [0.1, 0.15) is 5.54 Å². The lowest BCUT2D eigenvalue weighted by molar-refractivity contribution is -0.148. The maximum absolute atomic E-state index is 13.1. The topological polar surface area (TPSA) is 105 Å². The van der Waals surface area contributed by atoms with Crippen LogP contribution >= 0.6 is 0 Å². The van der Waals surface area contributed by atoms with Gasteiger partial charge in [0.05, 0.1) is 5.56 Å². The molecular formula is C16H17F3N2O5. The molecule has 1 aliphatic rings. The van der Waals surface area contributed by atoms with E-state index >= 15 is 0 Å². The second kappa shape index (κ2) is 7.32. The van der Waals surface area contributed by atoms with Crippen molar-refractivity contribution in [3.05, 3.63) is 29.3 Å². The minimum Gasteiger partial charge on any atom is -0.480 e. The highest BCUT2D eigenvalue weighted by Crippen LogP contribution is 2.32. The first-order valence-electron chi connectivity index (χ1n) is 7.67. The second-order valence-electron chi connectivity index (χ2n) is 5.93. The Balaban J connectivity index is 2.37. The Kier molecular flexibility index (Phi) is 5.55. The molecule has 1 fully saturated rings. The number of carboxylic acid groups (broad SMARTS) is 1. The van der Waals surface area contributed by atoms with Crippen LogP contribution in [0.4, 0.5) is 18.9 Å². The number of aliphatic carboxylic acids is 1. The fourth-order valence-corrected chi connectivity index (χ4v) is 2.60. The monoisotopic (exact) mass is 374 g/mol. The number of carboxylic acids is 1. The van der Waals surface area contributed by atoms with E-state index in [1.807, 2.05) is 0 Å². The minimum atomic E-state index is -4.74. The molecule has 10 heteroatoms. The number of anilines is 1. The summed E-state index contributed by atoms with van der Waals surface area (Å²) >= 11 is 0. The van der Waals surface area contributed by atoms with Gasteiger partial charge in [-0.25, -0.2) is 4.79 Å². The Morgan fingerprint density at radius 2 is 1.77 bits per heavy atom. The van der Waals surface area contributed by atoms with Crippen molar-refractivity contribution in [2.24, 2.45) is 0 Å². The third-order valence-electron chi connectivity index (χ3n) is 3.95. The Morgan fingerprint density at radius 3 is 2.27 bits per heavy atom. The number of ether oxygens (including phenoxy) is 1. The Bertz CT molecular complexity index is 727. The van der Waals surface area contributed by atoms with Gasteiger partial charge in [-0.2, -0.15) is 13.2 Å². The summed E-state index contributed by atoms with van der Waals surface area (Å²) in [5, 5.41) is 13.9. The average Bonchev–Trinajstić information content (AvgIpc) is 2.53. The molecule has 2 rings (SSSR count). The Hall–Kier alpha value is -2.62. The maximum Gasteiger partial charge on any atom is 0.416 e. The Morgan fingerprint density at radius 1 is 1.15 bits per heavy atom. The zero-order valence-corrected chi connectivity index (χ0v) is 13.8. The van der Waals surface area contributed by atoms with Gasteiger partial charge >= 0.3 is 12.1 Å². The van der Waals surface area contributed by atoms with Crippen molar-refractivity contribution in [3.63, 3.8) is 0 Å². The van der Waals surface area contributed by atoms with Gasteiger partial charge in [-0.15, -0.1) is 0 Å². The molecule has 0 unspecified atom stereocenters. The van der Waals surface area contributed by atoms with Gasteiger partial charge in [0.2, 0.25) is 5.91 Å². The van der Waals surface area contributed by atoms with Gasteiger partial charge in [0.25, 0.3) is 5.91 Å². The van der Waals surface area contributed by atoms with Gasteiger partial charge in [0, 0.05) is 44.2 Å². The number of halogens is 3. The predicted octanol–water partition coefficient (Wildman–Crippen LogP) is 2.03. The van der Waals surface area contributed by atoms with Crippen LogP contribution in [0.1, 0.15) is 35.7 Å². The first-order chi connectivity index (χ1) is 12.0. The van der Waals surface area contributed by atoms with Crippen molar-refractivity contribution in [1.82, 2.24) is 5.32 Å². The fraction of sp³-hybridized carbons (Fsp3) is 0.438. The van der Waals surface area contributed by atoms with Gasteiger partial charge in [-0.1, -0.05) is 0 Å². The molecule has 7 nitrogen and oxygen atoms in total. The van der Waals surface area contributed by atoms with E-state index in [0.29, 0.717) is 12.1 Å². The number of amides is 2. The summed E-state index contributed by atoms with van der Waals surface area (Å²) in [4.78, 5) is 35.1. The van der Waals surface area contributed by atoms with E-state index in [9.17, 15) is 32.7 Å². The SMILES string of the molecule is CC(=O)Nc1cc(C(=O)NC2(C(=O)O)CCOCC2)cc(C(F)(F)F)c1. The van der Waals surface area contributed by atoms with Crippen molar-refractivity contribution in [3.8, 4) is 0 Å². The molecule has 1 aromatic rings. The molecule has 0 radical (unpaired) electrons. The standard InChI is InChI=1S/C16H17F3N2O5/c1-9(22)20-12-7-10(6-11(8-12)16(17,18)19)13(23)21-15(14(24)25)2-4-26-5-3-15/h6-8H,2-5H2,1H3,(H,20,22)(H,21,23)(H,24,25). The van der Waals surface area contributed by atoms with Crippen LogP contribution in [-0.2, 0) is 20.5 Å². The van der Waals surface area contributed by atoms with Crippen LogP contribution in [0.5, 0.6) is 0 Å². The number of hydrogen-bond donors (Lipinski definition) is 3. The predicted molar refractivity (Wildman–Crippen MR) is 83.6 cm³/mol. The van der Waals surface area contributed by atoms with Crippen molar-refractivity contribution in [2.45, 2.75) is 31.5 Å². The molecular weight excluding hydrogens is 357 g/mol. The van der Waals surface area contributed by atoms with Crippen molar-refractivity contribution in [1.29, 1.82) is 0 Å². The molecule has 1 aromatic carbocycles. The maximum atomic E-state index is 13.1. The van der Waals surface area contributed by atoms with Gasteiger partial charge in [-0.3, -0.25) is 9.59 Å². The first kappa shape index (κ1) is 19.7. The average molecular weight is 374 g/mol. The van der Waals surface area contributed by atoms with Gasteiger partial charge < -0.3 is 20.5 Å². The largest absolute Gasteiger partial charge is 0.480 e. The van der Waals surface area contributed by atoms with Gasteiger partial charge in [0.15, 0.2) is 0 Å². The quantitative estimate of drug-likeness (QED) is 0.748. The van der Waals surface area contributed by atoms with Crippen LogP contribution in [0.3, 0.4) is 0 Å². The number of rotatable bonds is 4. The number of carbonyl (C=O) groups is 3. The molecule has 0 spiro atoms. The summed E-state index contributed by atoms with van der Waals surface area (Å²) in [5.41, 5.74) is -3.37. The minimum absolute atomic E-state index is 0.00835. The highest BCUT2D eigenvalue weighted by Gasteiger charge is 2.42.